The van der Waals surface area contributed by atoms with Gasteiger partial charge in [0.15, 0.2) is 0 Å². The number of likely N-dealkylation sites (N-methyl/N-ethyl adjacent to an activating group) is 1. The maximum Gasteiger partial charge on any atom is 0.236 e. The number of hydrogen-bond acceptors (Lipinski definition) is 5. The summed E-state index contributed by atoms with van der Waals surface area (Å²) in [6.45, 7) is 4.36. The maximum absolute atomic E-state index is 12.4. The number of carbonyl (C=O) groups excluding carboxylic acids is 1. The van der Waals surface area contributed by atoms with Crippen LogP contribution in [0.3, 0.4) is 0 Å². The van der Waals surface area contributed by atoms with E-state index in [1.165, 1.54) is 5.56 Å². The number of nitriles is 1. The van der Waals surface area contributed by atoms with Crippen molar-refractivity contribution in [3.8, 4) is 11.8 Å². The van der Waals surface area contributed by atoms with Gasteiger partial charge in [0.05, 0.1) is 18.2 Å². The minimum absolute atomic E-state index is 0.204. The average molecular weight is 405 g/mol. The van der Waals surface area contributed by atoms with Crippen molar-refractivity contribution in [3.63, 3.8) is 0 Å². The van der Waals surface area contributed by atoms with Gasteiger partial charge in [-0.1, -0.05) is 30.3 Å². The predicted octanol–water partition coefficient (Wildman–Crippen LogP) is 2.36. The van der Waals surface area contributed by atoms with E-state index >= 15 is 0 Å². The smallest absolute Gasteiger partial charge is 0.236 e. The minimum atomic E-state index is 0.204. The SMILES string of the molecule is CN1CCN(C(=O)CN[C@@H]2C[C@H]2c2ccc(OCc3ccccc3C#N)cc2)CC1. The van der Waals surface area contributed by atoms with Crippen molar-refractivity contribution in [2.45, 2.75) is 25.0 Å². The largest absolute Gasteiger partial charge is 0.489 e. The Morgan fingerprint density at radius 2 is 1.87 bits per heavy atom. The average Bonchev–Trinajstić information content (AvgIpc) is 3.57. The molecule has 6 nitrogen and oxygen atoms in total. The summed E-state index contributed by atoms with van der Waals surface area (Å²) in [4.78, 5) is 16.6. The molecule has 1 N–H and O–H groups in total. The number of nitrogens with one attached hydrogen (secondary N) is 1. The Kier molecular flexibility index (Phi) is 6.32. The van der Waals surface area contributed by atoms with Crippen LogP contribution in [0.15, 0.2) is 48.5 Å². The molecule has 2 aliphatic rings. The third-order valence-electron chi connectivity index (χ3n) is 6.00. The van der Waals surface area contributed by atoms with Crippen LogP contribution in [0.4, 0.5) is 0 Å². The van der Waals surface area contributed by atoms with E-state index in [9.17, 15) is 10.1 Å². The molecule has 1 saturated carbocycles. The zero-order valence-electron chi connectivity index (χ0n) is 17.4. The fourth-order valence-corrected chi connectivity index (χ4v) is 3.90. The quantitative estimate of drug-likeness (QED) is 0.767. The summed E-state index contributed by atoms with van der Waals surface area (Å²) in [5.74, 6) is 1.45. The first kappa shape index (κ1) is 20.4. The van der Waals surface area contributed by atoms with E-state index in [-0.39, 0.29) is 5.91 Å². The van der Waals surface area contributed by atoms with Gasteiger partial charge in [-0.05, 0) is 37.2 Å². The number of ether oxygens (including phenoxy) is 1. The van der Waals surface area contributed by atoms with Gasteiger partial charge in [0, 0.05) is 43.7 Å². The summed E-state index contributed by atoms with van der Waals surface area (Å²) in [6.07, 6.45) is 1.06. The Balaban J connectivity index is 1.22. The molecule has 2 atom stereocenters. The van der Waals surface area contributed by atoms with Crippen LogP contribution in [-0.4, -0.2) is 61.5 Å². The van der Waals surface area contributed by atoms with Gasteiger partial charge in [-0.15, -0.1) is 0 Å². The zero-order chi connectivity index (χ0) is 20.9. The Bertz CT molecular complexity index is 914. The number of piperazine rings is 1. The van der Waals surface area contributed by atoms with Gasteiger partial charge in [-0.2, -0.15) is 5.26 Å². The second-order valence-corrected chi connectivity index (χ2v) is 8.14. The Labute approximate surface area is 178 Å². The number of nitrogens with zero attached hydrogens (tertiary/aromatic N) is 3. The molecule has 0 radical (unpaired) electrons. The van der Waals surface area contributed by atoms with Gasteiger partial charge in [0.2, 0.25) is 5.91 Å². The summed E-state index contributed by atoms with van der Waals surface area (Å²) in [6, 6.07) is 18.2. The van der Waals surface area contributed by atoms with Crippen molar-refractivity contribution in [1.82, 2.24) is 15.1 Å². The van der Waals surface area contributed by atoms with Crippen molar-refractivity contribution in [2.24, 2.45) is 0 Å². The van der Waals surface area contributed by atoms with Gasteiger partial charge in [-0.25, -0.2) is 0 Å². The molecular weight excluding hydrogens is 376 g/mol. The first-order chi connectivity index (χ1) is 14.6. The highest BCUT2D eigenvalue weighted by molar-refractivity contribution is 5.78. The van der Waals surface area contributed by atoms with Crippen molar-refractivity contribution >= 4 is 5.91 Å². The number of amides is 1. The highest BCUT2D eigenvalue weighted by Crippen LogP contribution is 2.41. The molecule has 30 heavy (non-hydrogen) atoms. The molecule has 4 rings (SSSR count). The second kappa shape index (κ2) is 9.29. The number of carbonyl (C=O) groups is 1. The molecular formula is C24H28N4O2. The number of benzene rings is 2. The summed E-state index contributed by atoms with van der Waals surface area (Å²) < 4.78 is 5.85. The molecule has 0 spiro atoms. The van der Waals surface area contributed by atoms with E-state index in [2.05, 4.69) is 35.5 Å². The molecule has 1 aliphatic heterocycles. The third kappa shape index (κ3) is 4.99. The molecule has 2 fully saturated rings. The summed E-state index contributed by atoms with van der Waals surface area (Å²) in [5, 5.41) is 12.6. The van der Waals surface area contributed by atoms with Gasteiger partial charge in [0.25, 0.3) is 0 Å². The standard InChI is InChI=1S/C24H28N4O2/c1-27-10-12-28(13-11-27)24(29)16-26-23-14-22(23)18-6-8-21(9-7-18)30-17-20-5-3-2-4-19(20)15-25/h2-9,22-23,26H,10-14,16-17H2,1H3/t22-,23+/m0/s1. The fourth-order valence-electron chi connectivity index (χ4n) is 3.90. The Morgan fingerprint density at radius 1 is 1.13 bits per heavy atom. The van der Waals surface area contributed by atoms with Crippen molar-refractivity contribution < 1.29 is 9.53 Å². The predicted molar refractivity (Wildman–Crippen MR) is 115 cm³/mol. The van der Waals surface area contributed by atoms with E-state index in [1.54, 1.807) is 6.07 Å². The van der Waals surface area contributed by atoms with Crippen LogP contribution in [0.25, 0.3) is 0 Å². The highest BCUT2D eigenvalue weighted by Gasteiger charge is 2.38. The molecule has 0 bridgehead atoms. The number of rotatable bonds is 7. The van der Waals surface area contributed by atoms with E-state index < -0.39 is 0 Å². The van der Waals surface area contributed by atoms with Crippen LogP contribution in [0, 0.1) is 11.3 Å². The lowest BCUT2D eigenvalue weighted by molar-refractivity contribution is -0.131. The molecule has 0 unspecified atom stereocenters. The lowest BCUT2D eigenvalue weighted by Crippen LogP contribution is -2.49. The first-order valence-corrected chi connectivity index (χ1v) is 10.5. The third-order valence-corrected chi connectivity index (χ3v) is 6.00. The molecule has 2 aromatic rings. The lowest BCUT2D eigenvalue weighted by Gasteiger charge is -2.32. The van der Waals surface area contributed by atoms with Gasteiger partial charge < -0.3 is 19.9 Å². The van der Waals surface area contributed by atoms with Crippen molar-refractivity contribution in [1.29, 1.82) is 5.26 Å². The first-order valence-electron chi connectivity index (χ1n) is 10.5. The van der Waals surface area contributed by atoms with E-state index in [1.807, 2.05) is 35.2 Å². The summed E-state index contributed by atoms with van der Waals surface area (Å²) >= 11 is 0. The van der Waals surface area contributed by atoms with Gasteiger partial charge in [-0.3, -0.25) is 4.79 Å². The van der Waals surface area contributed by atoms with Crippen molar-refractivity contribution in [2.75, 3.05) is 39.8 Å². The maximum atomic E-state index is 12.4. The summed E-state index contributed by atoms with van der Waals surface area (Å²) in [5.41, 5.74) is 2.80. The lowest BCUT2D eigenvalue weighted by atomic mass is 10.1. The molecule has 1 saturated heterocycles. The molecule has 156 valence electrons. The van der Waals surface area contributed by atoms with Crippen molar-refractivity contribution in [3.05, 3.63) is 65.2 Å². The van der Waals surface area contributed by atoms with Gasteiger partial charge in [0.1, 0.15) is 12.4 Å². The molecule has 1 heterocycles. The zero-order valence-corrected chi connectivity index (χ0v) is 17.4. The monoisotopic (exact) mass is 404 g/mol. The minimum Gasteiger partial charge on any atom is -0.489 e. The highest BCUT2D eigenvalue weighted by atomic mass is 16.5. The normalized spacial score (nSPS) is 21.1. The number of hydrogen-bond donors (Lipinski definition) is 1. The molecule has 1 amide bonds. The van der Waals surface area contributed by atoms with Crippen LogP contribution in [0.5, 0.6) is 5.75 Å². The van der Waals surface area contributed by atoms with Crippen LogP contribution >= 0.6 is 0 Å². The molecule has 6 heteroatoms. The fraction of sp³-hybridized carbons (Fsp3) is 0.417. The van der Waals surface area contributed by atoms with Crippen LogP contribution in [0.1, 0.15) is 29.0 Å². The molecule has 0 aromatic heterocycles. The van der Waals surface area contributed by atoms with Gasteiger partial charge >= 0.3 is 0 Å². The topological polar surface area (TPSA) is 68.6 Å². The van der Waals surface area contributed by atoms with E-state index in [0.29, 0.717) is 30.7 Å². The second-order valence-electron chi connectivity index (χ2n) is 8.14. The summed E-state index contributed by atoms with van der Waals surface area (Å²) in [7, 11) is 2.09. The van der Waals surface area contributed by atoms with E-state index in [4.69, 9.17) is 4.74 Å². The van der Waals surface area contributed by atoms with Crippen LogP contribution in [0.2, 0.25) is 0 Å². The van der Waals surface area contributed by atoms with Crippen LogP contribution in [-0.2, 0) is 11.4 Å². The van der Waals surface area contributed by atoms with E-state index in [0.717, 1.165) is 43.9 Å². The molecule has 1 aliphatic carbocycles. The Morgan fingerprint density at radius 3 is 2.60 bits per heavy atom. The van der Waals surface area contributed by atoms with Crippen LogP contribution < -0.4 is 10.1 Å². The Hall–Kier alpha value is -2.88. The molecule has 2 aromatic carbocycles.